The minimum atomic E-state index is -0.449. The molecule has 0 atom stereocenters. The maximum atomic E-state index is 12.8. The predicted octanol–water partition coefficient (Wildman–Crippen LogP) is 3.05. The van der Waals surface area contributed by atoms with Gasteiger partial charge in [0.2, 0.25) is 0 Å². The van der Waals surface area contributed by atoms with Crippen LogP contribution in [0.2, 0.25) is 5.02 Å². The predicted molar refractivity (Wildman–Crippen MR) is 48.5 cm³/mol. The van der Waals surface area contributed by atoms with E-state index >= 15 is 0 Å². The molecule has 64 valence electrons. The number of hydrogen-bond donors (Lipinski definition) is 1. The Bertz CT molecular complexity index is 329. The lowest BCUT2D eigenvalue weighted by Gasteiger charge is -1.98. The van der Waals surface area contributed by atoms with Crippen LogP contribution in [0.15, 0.2) is 21.8 Å². The smallest absolute Gasteiger partial charge is 0.138 e. The lowest BCUT2D eigenvalue weighted by molar-refractivity contribution is 0.322. The highest BCUT2D eigenvalue weighted by atomic mass is 79.9. The van der Waals surface area contributed by atoms with E-state index in [1.54, 1.807) is 0 Å². The Balaban J connectivity index is 3.23. The Kier molecular flexibility index (Phi) is 3.05. The van der Waals surface area contributed by atoms with Gasteiger partial charge in [-0.05, 0) is 28.1 Å². The van der Waals surface area contributed by atoms with Crippen LogP contribution in [0.1, 0.15) is 5.56 Å². The molecule has 0 aliphatic heterocycles. The van der Waals surface area contributed by atoms with Crippen molar-refractivity contribution in [1.82, 2.24) is 0 Å². The molecule has 0 aromatic heterocycles. The molecule has 0 amide bonds. The van der Waals surface area contributed by atoms with Gasteiger partial charge in [-0.25, -0.2) is 4.39 Å². The van der Waals surface area contributed by atoms with E-state index in [1.165, 1.54) is 6.07 Å². The number of halogens is 3. The zero-order valence-electron chi connectivity index (χ0n) is 5.76. The van der Waals surface area contributed by atoms with E-state index in [1.807, 2.05) is 0 Å². The van der Waals surface area contributed by atoms with Crippen LogP contribution in [0.5, 0.6) is 0 Å². The lowest BCUT2D eigenvalue weighted by atomic mass is 10.2. The molecular weight excluding hydrogens is 248 g/mol. The van der Waals surface area contributed by atoms with Gasteiger partial charge in [-0.1, -0.05) is 16.8 Å². The first-order valence-corrected chi connectivity index (χ1v) is 4.14. The van der Waals surface area contributed by atoms with Crippen LogP contribution in [0.25, 0.3) is 0 Å². The molecule has 12 heavy (non-hydrogen) atoms. The molecule has 0 saturated carbocycles. The van der Waals surface area contributed by atoms with Crippen LogP contribution in [0.4, 0.5) is 4.39 Å². The zero-order valence-corrected chi connectivity index (χ0v) is 8.10. The van der Waals surface area contributed by atoms with Gasteiger partial charge in [0.15, 0.2) is 0 Å². The second-order valence-corrected chi connectivity index (χ2v) is 3.29. The quantitative estimate of drug-likeness (QED) is 0.354. The fourth-order valence-electron chi connectivity index (χ4n) is 0.699. The van der Waals surface area contributed by atoms with Gasteiger partial charge < -0.3 is 5.21 Å². The van der Waals surface area contributed by atoms with Gasteiger partial charge in [0, 0.05) is 5.56 Å². The summed E-state index contributed by atoms with van der Waals surface area (Å²) >= 11 is 8.59. The standard InChI is InChI=1S/C7H4BrClFNO/c8-5-1-4(3-11-12)6(9)2-7(5)10/h1-3,12H/b11-3+. The van der Waals surface area contributed by atoms with E-state index in [-0.39, 0.29) is 9.50 Å². The van der Waals surface area contributed by atoms with Gasteiger partial charge in [-0.15, -0.1) is 0 Å². The summed E-state index contributed by atoms with van der Waals surface area (Å²) in [4.78, 5) is 0. The highest BCUT2D eigenvalue weighted by Crippen LogP contribution is 2.23. The molecule has 0 saturated heterocycles. The van der Waals surface area contributed by atoms with Crippen LogP contribution in [0.3, 0.4) is 0 Å². The number of benzene rings is 1. The molecule has 0 unspecified atom stereocenters. The van der Waals surface area contributed by atoms with E-state index in [9.17, 15) is 4.39 Å². The third-order valence-electron chi connectivity index (χ3n) is 1.24. The highest BCUT2D eigenvalue weighted by Gasteiger charge is 2.04. The van der Waals surface area contributed by atoms with Gasteiger partial charge in [-0.3, -0.25) is 0 Å². The number of hydrogen-bond acceptors (Lipinski definition) is 2. The molecule has 0 bridgehead atoms. The summed E-state index contributed by atoms with van der Waals surface area (Å²) < 4.78 is 13.0. The van der Waals surface area contributed by atoms with Crippen LogP contribution in [0, 0.1) is 5.82 Å². The van der Waals surface area contributed by atoms with Crippen LogP contribution < -0.4 is 0 Å². The van der Waals surface area contributed by atoms with Crippen molar-refractivity contribution in [3.05, 3.63) is 33.0 Å². The Hall–Kier alpha value is -0.610. The second kappa shape index (κ2) is 3.87. The first-order chi connectivity index (χ1) is 5.65. The normalized spacial score (nSPS) is 10.9. The largest absolute Gasteiger partial charge is 0.411 e. The summed E-state index contributed by atoms with van der Waals surface area (Å²) in [5.41, 5.74) is 0.451. The van der Waals surface area contributed by atoms with Crippen LogP contribution >= 0.6 is 27.5 Å². The van der Waals surface area contributed by atoms with Crippen molar-refractivity contribution in [2.75, 3.05) is 0 Å². The van der Waals surface area contributed by atoms with Crippen molar-refractivity contribution in [2.45, 2.75) is 0 Å². The maximum Gasteiger partial charge on any atom is 0.138 e. The molecule has 1 N–H and O–H groups in total. The summed E-state index contributed by atoms with van der Waals surface area (Å²) in [5, 5.41) is 11.2. The Morgan fingerprint density at radius 3 is 2.83 bits per heavy atom. The molecule has 0 aliphatic carbocycles. The van der Waals surface area contributed by atoms with Crippen LogP contribution in [-0.4, -0.2) is 11.4 Å². The fraction of sp³-hybridized carbons (Fsp3) is 0. The first-order valence-electron chi connectivity index (χ1n) is 2.97. The molecule has 5 heteroatoms. The van der Waals surface area contributed by atoms with Crippen molar-refractivity contribution in [3.63, 3.8) is 0 Å². The topological polar surface area (TPSA) is 32.6 Å². The summed E-state index contributed by atoms with van der Waals surface area (Å²) in [6.07, 6.45) is 1.13. The molecule has 0 radical (unpaired) electrons. The average Bonchev–Trinajstić information content (AvgIpc) is 2.01. The second-order valence-electron chi connectivity index (χ2n) is 2.03. The number of oxime groups is 1. The molecule has 0 heterocycles. The number of rotatable bonds is 1. The molecular formula is C7H4BrClFNO. The minimum absolute atomic E-state index is 0.202. The van der Waals surface area contributed by atoms with E-state index in [0.29, 0.717) is 5.56 Å². The summed E-state index contributed by atoms with van der Waals surface area (Å²) in [7, 11) is 0. The third-order valence-corrected chi connectivity index (χ3v) is 2.17. The summed E-state index contributed by atoms with van der Waals surface area (Å²) in [6, 6.07) is 2.57. The molecule has 1 aromatic rings. The molecule has 0 aliphatic rings. The van der Waals surface area contributed by atoms with E-state index < -0.39 is 5.82 Å². The van der Waals surface area contributed by atoms with Gasteiger partial charge in [0.05, 0.1) is 15.7 Å². The molecule has 1 aromatic carbocycles. The van der Waals surface area contributed by atoms with Crippen LogP contribution in [-0.2, 0) is 0 Å². The number of nitrogens with zero attached hydrogens (tertiary/aromatic N) is 1. The molecule has 2 nitrogen and oxygen atoms in total. The Labute approximate surface area is 81.8 Å². The Morgan fingerprint density at radius 1 is 1.58 bits per heavy atom. The summed E-state index contributed by atoms with van der Waals surface area (Å²) in [5.74, 6) is -0.449. The van der Waals surface area contributed by atoms with Gasteiger partial charge >= 0.3 is 0 Å². The van der Waals surface area contributed by atoms with E-state index in [2.05, 4.69) is 21.1 Å². The van der Waals surface area contributed by atoms with Crippen molar-refractivity contribution in [3.8, 4) is 0 Å². The van der Waals surface area contributed by atoms with Crippen molar-refractivity contribution >= 4 is 33.7 Å². The van der Waals surface area contributed by atoms with E-state index in [4.69, 9.17) is 16.8 Å². The molecule has 0 spiro atoms. The fourth-order valence-corrected chi connectivity index (χ4v) is 1.26. The third kappa shape index (κ3) is 1.95. The molecule has 0 fully saturated rings. The van der Waals surface area contributed by atoms with Gasteiger partial charge in [0.1, 0.15) is 5.82 Å². The lowest BCUT2D eigenvalue weighted by Crippen LogP contribution is -1.86. The van der Waals surface area contributed by atoms with Crippen molar-refractivity contribution in [2.24, 2.45) is 5.16 Å². The van der Waals surface area contributed by atoms with Crippen molar-refractivity contribution < 1.29 is 9.60 Å². The molecule has 1 rings (SSSR count). The zero-order chi connectivity index (χ0) is 9.14. The Morgan fingerprint density at radius 2 is 2.25 bits per heavy atom. The maximum absolute atomic E-state index is 12.8. The van der Waals surface area contributed by atoms with Gasteiger partial charge in [-0.2, -0.15) is 0 Å². The average molecular weight is 252 g/mol. The summed E-state index contributed by atoms with van der Waals surface area (Å²) in [6.45, 7) is 0. The van der Waals surface area contributed by atoms with E-state index in [0.717, 1.165) is 12.3 Å². The highest BCUT2D eigenvalue weighted by molar-refractivity contribution is 9.10. The van der Waals surface area contributed by atoms with Gasteiger partial charge in [0.25, 0.3) is 0 Å². The minimum Gasteiger partial charge on any atom is -0.411 e. The van der Waals surface area contributed by atoms with Crippen molar-refractivity contribution in [1.29, 1.82) is 0 Å². The monoisotopic (exact) mass is 251 g/mol. The first kappa shape index (κ1) is 9.48. The SMILES string of the molecule is O/N=C/c1cc(Br)c(F)cc1Cl.